The maximum Gasteiger partial charge on any atom is 0.319 e. The number of carboxylic acid groups (broad SMARTS) is 1. The van der Waals surface area contributed by atoms with Crippen molar-refractivity contribution in [2.24, 2.45) is 0 Å². The number of carboxylic acids is 1. The Hall–Kier alpha value is -2.90. The van der Waals surface area contributed by atoms with Crippen LogP contribution in [0, 0.1) is 0 Å². The predicted molar refractivity (Wildman–Crippen MR) is 67.9 cm³/mol. The highest BCUT2D eigenvalue weighted by Crippen LogP contribution is 2.06. The standard InChI is InChI=1S/C12H12N4O4/c17-11(18)5-8-1-2-9(6-13-8)16-12(19)14-7-10-3-4-15-20-10/h1-4,6H,5,7H2,(H,17,18)(H2,14,16,19). The van der Waals surface area contributed by atoms with Gasteiger partial charge < -0.3 is 20.3 Å². The minimum atomic E-state index is -0.956. The van der Waals surface area contributed by atoms with E-state index in [0.29, 0.717) is 17.1 Å². The first-order chi connectivity index (χ1) is 9.63. The van der Waals surface area contributed by atoms with Crippen LogP contribution >= 0.6 is 0 Å². The van der Waals surface area contributed by atoms with E-state index < -0.39 is 12.0 Å². The fourth-order valence-electron chi connectivity index (χ4n) is 1.43. The molecule has 0 bridgehead atoms. The number of aromatic nitrogens is 2. The van der Waals surface area contributed by atoms with E-state index in [1.165, 1.54) is 12.4 Å². The number of carbonyl (C=O) groups is 2. The van der Waals surface area contributed by atoms with E-state index in [-0.39, 0.29) is 13.0 Å². The fraction of sp³-hybridized carbons (Fsp3) is 0.167. The third-order valence-electron chi connectivity index (χ3n) is 2.33. The van der Waals surface area contributed by atoms with Crippen molar-refractivity contribution >= 4 is 17.7 Å². The molecule has 0 aliphatic carbocycles. The molecule has 8 nitrogen and oxygen atoms in total. The van der Waals surface area contributed by atoms with Crippen LogP contribution in [0.5, 0.6) is 0 Å². The summed E-state index contributed by atoms with van der Waals surface area (Å²) in [6, 6.07) is 4.34. The van der Waals surface area contributed by atoms with Crippen molar-refractivity contribution in [1.29, 1.82) is 0 Å². The fourth-order valence-corrected chi connectivity index (χ4v) is 1.43. The Morgan fingerprint density at radius 2 is 2.15 bits per heavy atom. The minimum Gasteiger partial charge on any atom is -0.481 e. The number of hydrogen-bond acceptors (Lipinski definition) is 5. The lowest BCUT2D eigenvalue weighted by atomic mass is 10.2. The van der Waals surface area contributed by atoms with Crippen LogP contribution in [-0.4, -0.2) is 27.2 Å². The van der Waals surface area contributed by atoms with Gasteiger partial charge in [-0.3, -0.25) is 9.78 Å². The Morgan fingerprint density at radius 1 is 1.30 bits per heavy atom. The zero-order valence-electron chi connectivity index (χ0n) is 10.4. The molecular formula is C12H12N4O4. The number of pyridine rings is 1. The van der Waals surface area contributed by atoms with Crippen LogP contribution in [0.15, 0.2) is 35.1 Å². The summed E-state index contributed by atoms with van der Waals surface area (Å²) >= 11 is 0. The van der Waals surface area contributed by atoms with Gasteiger partial charge in [0, 0.05) is 6.07 Å². The number of rotatable bonds is 5. The van der Waals surface area contributed by atoms with E-state index in [4.69, 9.17) is 9.63 Å². The first-order valence-corrected chi connectivity index (χ1v) is 5.74. The molecule has 0 aliphatic rings. The van der Waals surface area contributed by atoms with Gasteiger partial charge >= 0.3 is 12.0 Å². The van der Waals surface area contributed by atoms with Gasteiger partial charge in [-0.05, 0) is 12.1 Å². The molecule has 8 heteroatoms. The van der Waals surface area contributed by atoms with E-state index in [1.54, 1.807) is 18.2 Å². The summed E-state index contributed by atoms with van der Waals surface area (Å²) in [5, 5.41) is 17.3. The van der Waals surface area contributed by atoms with E-state index in [1.807, 2.05) is 0 Å². The van der Waals surface area contributed by atoms with E-state index in [0.717, 1.165) is 0 Å². The summed E-state index contributed by atoms with van der Waals surface area (Å²) < 4.78 is 4.83. The Kier molecular flexibility index (Phi) is 4.28. The van der Waals surface area contributed by atoms with Crippen LogP contribution in [0.3, 0.4) is 0 Å². The van der Waals surface area contributed by atoms with Crippen molar-refractivity contribution in [2.75, 3.05) is 5.32 Å². The number of anilines is 1. The molecule has 0 aliphatic heterocycles. The van der Waals surface area contributed by atoms with Crippen LogP contribution in [0.25, 0.3) is 0 Å². The van der Waals surface area contributed by atoms with Crippen LogP contribution in [0.2, 0.25) is 0 Å². The molecule has 0 saturated carbocycles. The van der Waals surface area contributed by atoms with Gasteiger partial charge in [-0.2, -0.15) is 0 Å². The van der Waals surface area contributed by atoms with Crippen molar-refractivity contribution in [3.8, 4) is 0 Å². The van der Waals surface area contributed by atoms with Gasteiger partial charge in [-0.15, -0.1) is 0 Å². The van der Waals surface area contributed by atoms with Crippen molar-refractivity contribution in [3.63, 3.8) is 0 Å². The molecule has 0 fully saturated rings. The second kappa shape index (κ2) is 6.32. The molecule has 20 heavy (non-hydrogen) atoms. The van der Waals surface area contributed by atoms with Gasteiger partial charge in [-0.1, -0.05) is 5.16 Å². The Bertz CT molecular complexity index is 580. The SMILES string of the molecule is O=C(O)Cc1ccc(NC(=O)NCc2ccno2)cn1. The molecule has 104 valence electrons. The summed E-state index contributed by atoms with van der Waals surface area (Å²) in [5.41, 5.74) is 0.888. The average molecular weight is 276 g/mol. The second-order valence-electron chi connectivity index (χ2n) is 3.90. The number of urea groups is 1. The maximum atomic E-state index is 11.6. The van der Waals surface area contributed by atoms with Crippen molar-refractivity contribution in [3.05, 3.63) is 42.0 Å². The molecular weight excluding hydrogens is 264 g/mol. The third kappa shape index (κ3) is 4.09. The lowest BCUT2D eigenvalue weighted by Crippen LogP contribution is -2.28. The smallest absolute Gasteiger partial charge is 0.319 e. The van der Waals surface area contributed by atoms with E-state index in [2.05, 4.69) is 20.8 Å². The van der Waals surface area contributed by atoms with Crippen LogP contribution in [0.4, 0.5) is 10.5 Å². The lowest BCUT2D eigenvalue weighted by molar-refractivity contribution is -0.136. The highest BCUT2D eigenvalue weighted by atomic mass is 16.5. The molecule has 0 saturated heterocycles. The van der Waals surface area contributed by atoms with Crippen LogP contribution < -0.4 is 10.6 Å². The van der Waals surface area contributed by atoms with Gasteiger partial charge in [0.15, 0.2) is 5.76 Å². The third-order valence-corrected chi connectivity index (χ3v) is 2.33. The first-order valence-electron chi connectivity index (χ1n) is 5.74. The van der Waals surface area contributed by atoms with Crippen molar-refractivity contribution in [1.82, 2.24) is 15.5 Å². The number of hydrogen-bond donors (Lipinski definition) is 3. The van der Waals surface area contributed by atoms with Gasteiger partial charge in [-0.25, -0.2) is 4.79 Å². The molecule has 2 rings (SSSR count). The van der Waals surface area contributed by atoms with Gasteiger partial charge in [0.05, 0.1) is 36.7 Å². The number of nitrogens with zero attached hydrogens (tertiary/aromatic N) is 2. The molecule has 2 aromatic rings. The highest BCUT2D eigenvalue weighted by molar-refractivity contribution is 5.88. The Balaban J connectivity index is 1.83. The van der Waals surface area contributed by atoms with E-state index >= 15 is 0 Å². The average Bonchev–Trinajstić information content (AvgIpc) is 2.91. The van der Waals surface area contributed by atoms with Gasteiger partial charge in [0.1, 0.15) is 0 Å². The molecule has 3 N–H and O–H groups in total. The zero-order chi connectivity index (χ0) is 14.4. The van der Waals surface area contributed by atoms with Crippen LogP contribution in [-0.2, 0) is 17.8 Å². The predicted octanol–water partition coefficient (Wildman–Crippen LogP) is 1.02. The number of amides is 2. The van der Waals surface area contributed by atoms with Crippen LogP contribution in [0.1, 0.15) is 11.5 Å². The summed E-state index contributed by atoms with van der Waals surface area (Å²) in [4.78, 5) is 26.0. The highest BCUT2D eigenvalue weighted by Gasteiger charge is 2.05. The quantitative estimate of drug-likeness (QED) is 0.750. The second-order valence-corrected chi connectivity index (χ2v) is 3.90. The van der Waals surface area contributed by atoms with Crippen molar-refractivity contribution in [2.45, 2.75) is 13.0 Å². The maximum absolute atomic E-state index is 11.6. The molecule has 0 atom stereocenters. The monoisotopic (exact) mass is 276 g/mol. The largest absolute Gasteiger partial charge is 0.481 e. The minimum absolute atomic E-state index is 0.155. The number of aliphatic carboxylic acids is 1. The normalized spacial score (nSPS) is 10.0. The summed E-state index contributed by atoms with van der Waals surface area (Å²) in [7, 11) is 0. The molecule has 2 amide bonds. The summed E-state index contributed by atoms with van der Waals surface area (Å²) in [6.45, 7) is 0.219. The number of nitrogens with one attached hydrogen (secondary N) is 2. The van der Waals surface area contributed by atoms with Gasteiger partial charge in [0.25, 0.3) is 0 Å². The molecule has 0 radical (unpaired) electrons. The molecule has 0 unspecified atom stereocenters. The molecule has 0 aromatic carbocycles. The number of carbonyl (C=O) groups excluding carboxylic acids is 1. The Labute approximate surface area is 113 Å². The Morgan fingerprint density at radius 3 is 2.75 bits per heavy atom. The van der Waals surface area contributed by atoms with E-state index in [9.17, 15) is 9.59 Å². The summed E-state index contributed by atoms with van der Waals surface area (Å²) in [5.74, 6) is -0.418. The summed E-state index contributed by atoms with van der Waals surface area (Å²) in [6.07, 6.45) is 2.73. The molecule has 0 spiro atoms. The lowest BCUT2D eigenvalue weighted by Gasteiger charge is -2.06. The zero-order valence-corrected chi connectivity index (χ0v) is 10.4. The topological polar surface area (TPSA) is 117 Å². The van der Waals surface area contributed by atoms with Gasteiger partial charge in [0.2, 0.25) is 0 Å². The first kappa shape index (κ1) is 13.5. The molecule has 2 heterocycles. The molecule has 2 aromatic heterocycles. The van der Waals surface area contributed by atoms with Crippen molar-refractivity contribution < 1.29 is 19.2 Å².